The lowest BCUT2D eigenvalue weighted by Crippen LogP contribution is -2.74. The summed E-state index contributed by atoms with van der Waals surface area (Å²) in [5, 5.41) is 13.1. The molecular formula is C36H42ClN5O2. The predicted molar refractivity (Wildman–Crippen MR) is 170 cm³/mol. The van der Waals surface area contributed by atoms with Crippen molar-refractivity contribution in [3.05, 3.63) is 57.9 Å². The molecule has 2 aromatic rings. The van der Waals surface area contributed by atoms with Crippen molar-refractivity contribution in [3.63, 3.8) is 0 Å². The molecule has 230 valence electrons. The standard InChI is InChI=1S/C36H42ClN5O2/c1-34(2)32(35(3,4)33(34)44-27-13-8-24(18-38)29(37)17-27)42-19-30-28(31(42)43)14-10-25(40-30)9-5-23-6-11-26(12-7-23)41-21-36(22-41)15-16-39-20-36/h8,10,13-14,17,23,26,32-33,39H,6-7,11-12,15-16,19-22H2,1-4H3. The van der Waals surface area contributed by atoms with E-state index in [0.29, 0.717) is 39.8 Å². The quantitative estimate of drug-likeness (QED) is 0.450. The number of nitrogens with zero attached hydrogens (tertiary/aromatic N) is 4. The number of ether oxygens (including phenoxy) is 1. The number of carbonyl (C=O) groups excluding carboxylic acids is 1. The highest BCUT2D eigenvalue weighted by atomic mass is 35.5. The largest absolute Gasteiger partial charge is 0.489 e. The maximum absolute atomic E-state index is 13.7. The van der Waals surface area contributed by atoms with Crippen LogP contribution in [0.25, 0.3) is 0 Å². The second-order valence-electron chi connectivity index (χ2n) is 15.0. The molecular weight excluding hydrogens is 570 g/mol. The highest BCUT2D eigenvalue weighted by molar-refractivity contribution is 6.31. The summed E-state index contributed by atoms with van der Waals surface area (Å²) in [6.45, 7) is 14.0. The average Bonchev–Trinajstić information content (AvgIpc) is 3.59. The highest BCUT2D eigenvalue weighted by Gasteiger charge is 2.67. The molecule has 0 bridgehead atoms. The van der Waals surface area contributed by atoms with Gasteiger partial charge in [-0.15, -0.1) is 0 Å². The molecule has 0 radical (unpaired) electrons. The SMILES string of the molecule is CC1(C)C(Oc2ccc(C#N)c(Cl)c2)C(C)(C)C1N1Cc2nc(C#CC3CCC(N4CC5(CCNC5)C4)CC3)ccc2C1=O. The zero-order valence-corrected chi connectivity index (χ0v) is 27.0. The number of nitrogens with one attached hydrogen (secondary N) is 1. The van der Waals surface area contributed by atoms with Gasteiger partial charge in [-0.05, 0) is 68.8 Å². The Labute approximate surface area is 266 Å². The Morgan fingerprint density at radius 2 is 1.82 bits per heavy atom. The van der Waals surface area contributed by atoms with Crippen LogP contribution in [0, 0.1) is 45.3 Å². The molecule has 1 spiro atoms. The van der Waals surface area contributed by atoms with E-state index in [9.17, 15) is 10.1 Å². The van der Waals surface area contributed by atoms with E-state index in [-0.39, 0.29) is 28.9 Å². The first-order valence-electron chi connectivity index (χ1n) is 16.1. The molecule has 0 atom stereocenters. The van der Waals surface area contributed by atoms with Crippen LogP contribution in [-0.4, -0.2) is 65.1 Å². The molecule has 2 aliphatic carbocycles. The molecule has 7 rings (SSSR count). The Hall–Kier alpha value is -3.10. The Morgan fingerprint density at radius 3 is 2.48 bits per heavy atom. The minimum Gasteiger partial charge on any atom is -0.489 e. The Bertz CT molecular complexity index is 1560. The van der Waals surface area contributed by atoms with Crippen LogP contribution in [0.2, 0.25) is 5.02 Å². The van der Waals surface area contributed by atoms with E-state index in [2.05, 4.69) is 55.8 Å². The normalized spacial score (nSPS) is 29.6. The molecule has 1 aromatic heterocycles. The van der Waals surface area contributed by atoms with E-state index in [0.717, 1.165) is 30.3 Å². The number of aromatic nitrogens is 1. The molecule has 4 heterocycles. The lowest BCUT2D eigenvalue weighted by molar-refractivity contribution is -0.199. The maximum atomic E-state index is 13.7. The van der Waals surface area contributed by atoms with Crippen LogP contribution in [0.5, 0.6) is 5.75 Å². The van der Waals surface area contributed by atoms with E-state index in [4.69, 9.17) is 21.3 Å². The van der Waals surface area contributed by atoms with Crippen LogP contribution in [0.3, 0.4) is 0 Å². The molecule has 44 heavy (non-hydrogen) atoms. The number of fused-ring (bicyclic) bond motifs is 1. The summed E-state index contributed by atoms with van der Waals surface area (Å²) in [4.78, 5) is 23.2. The number of halogens is 1. The second-order valence-corrected chi connectivity index (χ2v) is 15.4. The molecule has 1 N–H and O–H groups in total. The average molecular weight is 612 g/mol. The zero-order chi connectivity index (χ0) is 30.9. The van der Waals surface area contributed by atoms with E-state index >= 15 is 0 Å². The highest BCUT2D eigenvalue weighted by Crippen LogP contribution is 2.59. The van der Waals surface area contributed by atoms with E-state index in [1.807, 2.05) is 17.0 Å². The summed E-state index contributed by atoms with van der Waals surface area (Å²) in [5.41, 5.74) is 2.61. The Morgan fingerprint density at radius 1 is 1.07 bits per heavy atom. The van der Waals surface area contributed by atoms with Gasteiger partial charge in [0.1, 0.15) is 23.6 Å². The summed E-state index contributed by atoms with van der Waals surface area (Å²) >= 11 is 6.27. The predicted octanol–water partition coefficient (Wildman–Crippen LogP) is 5.65. The zero-order valence-electron chi connectivity index (χ0n) is 26.3. The van der Waals surface area contributed by atoms with Crippen molar-refractivity contribution in [3.8, 4) is 23.7 Å². The van der Waals surface area contributed by atoms with Crippen molar-refractivity contribution in [1.82, 2.24) is 20.1 Å². The lowest BCUT2D eigenvalue weighted by atomic mass is 9.49. The number of amides is 1. The van der Waals surface area contributed by atoms with Gasteiger partial charge in [0.2, 0.25) is 0 Å². The van der Waals surface area contributed by atoms with Crippen molar-refractivity contribution in [2.24, 2.45) is 22.2 Å². The van der Waals surface area contributed by atoms with Gasteiger partial charge < -0.3 is 15.0 Å². The third-order valence-corrected chi connectivity index (χ3v) is 11.5. The number of hydrogen-bond acceptors (Lipinski definition) is 6. The monoisotopic (exact) mass is 611 g/mol. The van der Waals surface area contributed by atoms with Crippen molar-refractivity contribution in [2.75, 3.05) is 26.2 Å². The third-order valence-electron chi connectivity index (χ3n) is 11.2. The number of pyridine rings is 1. The topological polar surface area (TPSA) is 81.5 Å². The molecule has 3 aliphatic heterocycles. The first kappa shape index (κ1) is 29.6. The number of nitriles is 1. The number of hydrogen-bond donors (Lipinski definition) is 1. The molecule has 2 saturated heterocycles. The minimum atomic E-state index is -0.312. The fourth-order valence-electron chi connectivity index (χ4n) is 9.39. The van der Waals surface area contributed by atoms with Crippen LogP contribution in [0.15, 0.2) is 30.3 Å². The van der Waals surface area contributed by atoms with Crippen LogP contribution >= 0.6 is 11.6 Å². The van der Waals surface area contributed by atoms with Gasteiger partial charge in [-0.1, -0.05) is 45.2 Å². The van der Waals surface area contributed by atoms with Crippen molar-refractivity contribution < 1.29 is 9.53 Å². The summed E-state index contributed by atoms with van der Waals surface area (Å²) in [7, 11) is 0. The molecule has 0 unspecified atom stereocenters. The Kier molecular flexibility index (Phi) is 7.24. The molecule has 8 heteroatoms. The van der Waals surface area contributed by atoms with Crippen molar-refractivity contribution in [1.29, 1.82) is 5.26 Å². The van der Waals surface area contributed by atoms with Crippen molar-refractivity contribution >= 4 is 17.5 Å². The molecule has 1 aromatic carbocycles. The van der Waals surface area contributed by atoms with Gasteiger partial charge in [0, 0.05) is 59.9 Å². The van der Waals surface area contributed by atoms with Gasteiger partial charge in [0.05, 0.1) is 28.4 Å². The maximum Gasteiger partial charge on any atom is 0.256 e. The van der Waals surface area contributed by atoms with Gasteiger partial charge >= 0.3 is 0 Å². The number of carbonyl (C=O) groups is 1. The van der Waals surface area contributed by atoms with Gasteiger partial charge in [-0.25, -0.2) is 4.98 Å². The summed E-state index contributed by atoms with van der Waals surface area (Å²) in [5.74, 6) is 7.95. The molecule has 5 aliphatic rings. The number of rotatable bonds is 4. The Balaban J connectivity index is 0.980. The van der Waals surface area contributed by atoms with Gasteiger partial charge in [0.15, 0.2) is 0 Å². The first-order valence-corrected chi connectivity index (χ1v) is 16.5. The fourth-order valence-corrected chi connectivity index (χ4v) is 9.61. The van der Waals surface area contributed by atoms with E-state index < -0.39 is 0 Å². The van der Waals surface area contributed by atoms with Gasteiger partial charge in [0.25, 0.3) is 5.91 Å². The second kappa shape index (κ2) is 10.8. The molecule has 1 amide bonds. The smallest absolute Gasteiger partial charge is 0.256 e. The summed E-state index contributed by atoms with van der Waals surface area (Å²) in [6.07, 6.45) is 5.97. The van der Waals surface area contributed by atoms with Crippen LogP contribution < -0.4 is 10.1 Å². The van der Waals surface area contributed by atoms with Crippen LogP contribution in [0.1, 0.15) is 87.1 Å². The van der Waals surface area contributed by atoms with Crippen LogP contribution in [0.4, 0.5) is 0 Å². The van der Waals surface area contributed by atoms with E-state index in [1.54, 1.807) is 18.2 Å². The molecule has 4 fully saturated rings. The minimum absolute atomic E-state index is 0.0255. The summed E-state index contributed by atoms with van der Waals surface area (Å²) in [6, 6.07) is 11.8. The third kappa shape index (κ3) is 4.89. The number of benzene rings is 1. The van der Waals surface area contributed by atoms with Crippen LogP contribution in [-0.2, 0) is 6.54 Å². The lowest BCUT2D eigenvalue weighted by Gasteiger charge is -2.65. The fraction of sp³-hybridized carbons (Fsp3) is 0.583. The van der Waals surface area contributed by atoms with Gasteiger partial charge in [-0.2, -0.15) is 5.26 Å². The summed E-state index contributed by atoms with van der Waals surface area (Å²) < 4.78 is 6.45. The first-order chi connectivity index (χ1) is 21.0. The van der Waals surface area contributed by atoms with Gasteiger partial charge in [-0.3, -0.25) is 9.69 Å². The number of likely N-dealkylation sites (tertiary alicyclic amines) is 1. The molecule has 2 saturated carbocycles. The van der Waals surface area contributed by atoms with Crippen molar-refractivity contribution in [2.45, 2.75) is 84.5 Å². The molecule has 7 nitrogen and oxygen atoms in total. The van der Waals surface area contributed by atoms with E-state index in [1.165, 1.54) is 45.4 Å².